The van der Waals surface area contributed by atoms with Gasteiger partial charge in [0.1, 0.15) is 0 Å². The second kappa shape index (κ2) is 3.19. The molecule has 2 unspecified atom stereocenters. The van der Waals surface area contributed by atoms with Gasteiger partial charge in [-0.3, -0.25) is 4.90 Å². The average molecular weight is 195 g/mol. The van der Waals surface area contributed by atoms with Crippen molar-refractivity contribution >= 4 is 0 Å². The molecule has 3 fully saturated rings. The molecular weight excluding hydrogens is 174 g/mol. The van der Waals surface area contributed by atoms with Gasteiger partial charge in [0.25, 0.3) is 0 Å². The predicted molar refractivity (Wildman–Crippen MR) is 57.1 cm³/mol. The van der Waals surface area contributed by atoms with Gasteiger partial charge in [-0.15, -0.1) is 0 Å². The van der Waals surface area contributed by atoms with Crippen LogP contribution in [0.1, 0.15) is 25.7 Å². The summed E-state index contributed by atoms with van der Waals surface area (Å²) >= 11 is 0. The van der Waals surface area contributed by atoms with Crippen molar-refractivity contribution in [1.29, 1.82) is 0 Å². The molecule has 0 radical (unpaired) electrons. The number of likely N-dealkylation sites (tertiary alicyclic amines) is 1. The standard InChI is InChI=1S/C11H21N3/c1-13-9-2-3-10(13)5-11(4-9)14-6-8(12)7-14/h8-11H,2-7,12H2,1H3. The smallest absolute Gasteiger partial charge is 0.0297 e. The van der Waals surface area contributed by atoms with Crippen molar-refractivity contribution in [2.45, 2.75) is 49.9 Å². The monoisotopic (exact) mass is 195 g/mol. The molecule has 3 aliphatic rings. The first-order chi connectivity index (χ1) is 6.74. The molecule has 3 rings (SSSR count). The second-order valence-corrected chi connectivity index (χ2v) is 5.39. The van der Waals surface area contributed by atoms with Gasteiger partial charge in [0, 0.05) is 37.3 Å². The summed E-state index contributed by atoms with van der Waals surface area (Å²) in [5.41, 5.74) is 5.84. The van der Waals surface area contributed by atoms with E-state index in [1.807, 2.05) is 0 Å². The number of piperidine rings is 1. The molecule has 3 saturated heterocycles. The molecule has 0 spiro atoms. The Hall–Kier alpha value is -0.120. The number of fused-ring (bicyclic) bond motifs is 2. The van der Waals surface area contributed by atoms with Gasteiger partial charge in [-0.25, -0.2) is 0 Å². The fourth-order valence-electron chi connectivity index (χ4n) is 3.53. The summed E-state index contributed by atoms with van der Waals surface area (Å²) in [5.74, 6) is 0. The Balaban J connectivity index is 1.63. The first-order valence-corrected chi connectivity index (χ1v) is 5.95. The molecule has 14 heavy (non-hydrogen) atoms. The van der Waals surface area contributed by atoms with Crippen LogP contribution in [0.3, 0.4) is 0 Å². The molecule has 2 N–H and O–H groups in total. The third-order valence-corrected chi connectivity index (χ3v) is 4.53. The quantitative estimate of drug-likeness (QED) is 0.651. The van der Waals surface area contributed by atoms with Crippen LogP contribution in [-0.4, -0.2) is 54.1 Å². The van der Waals surface area contributed by atoms with Crippen LogP contribution in [0.25, 0.3) is 0 Å². The Morgan fingerprint density at radius 2 is 1.57 bits per heavy atom. The van der Waals surface area contributed by atoms with Crippen LogP contribution in [0.15, 0.2) is 0 Å². The lowest BCUT2D eigenvalue weighted by molar-refractivity contribution is 0.0280. The fourth-order valence-corrected chi connectivity index (χ4v) is 3.53. The van der Waals surface area contributed by atoms with Gasteiger partial charge in [0.15, 0.2) is 0 Å². The van der Waals surface area contributed by atoms with Gasteiger partial charge in [-0.2, -0.15) is 0 Å². The molecule has 80 valence electrons. The van der Waals surface area contributed by atoms with E-state index < -0.39 is 0 Å². The molecule has 2 atom stereocenters. The van der Waals surface area contributed by atoms with Crippen LogP contribution in [0.5, 0.6) is 0 Å². The number of rotatable bonds is 1. The Kier molecular flexibility index (Phi) is 2.08. The van der Waals surface area contributed by atoms with Gasteiger partial charge in [-0.1, -0.05) is 0 Å². The minimum Gasteiger partial charge on any atom is -0.325 e. The first kappa shape index (κ1) is 9.13. The van der Waals surface area contributed by atoms with Crippen molar-refractivity contribution in [3.05, 3.63) is 0 Å². The molecule has 3 heteroatoms. The van der Waals surface area contributed by atoms with Crippen molar-refractivity contribution in [3.8, 4) is 0 Å². The largest absolute Gasteiger partial charge is 0.325 e. The number of hydrogen-bond acceptors (Lipinski definition) is 3. The lowest BCUT2D eigenvalue weighted by Crippen LogP contribution is -2.62. The van der Waals surface area contributed by atoms with Crippen LogP contribution in [0, 0.1) is 0 Å². The Morgan fingerprint density at radius 1 is 1.00 bits per heavy atom. The highest BCUT2D eigenvalue weighted by Crippen LogP contribution is 2.37. The van der Waals surface area contributed by atoms with Crippen LogP contribution >= 0.6 is 0 Å². The predicted octanol–water partition coefficient (Wildman–Crippen LogP) is 0.255. The maximum atomic E-state index is 5.84. The molecule has 0 aromatic heterocycles. The van der Waals surface area contributed by atoms with Gasteiger partial charge < -0.3 is 10.6 Å². The normalized spacial score (nSPS) is 45.4. The van der Waals surface area contributed by atoms with Crippen LogP contribution in [-0.2, 0) is 0 Å². The van der Waals surface area contributed by atoms with Crippen molar-refractivity contribution < 1.29 is 0 Å². The maximum Gasteiger partial charge on any atom is 0.0297 e. The summed E-state index contributed by atoms with van der Waals surface area (Å²) in [7, 11) is 2.31. The number of nitrogens with two attached hydrogens (primary N) is 1. The van der Waals surface area contributed by atoms with E-state index in [-0.39, 0.29) is 0 Å². The Morgan fingerprint density at radius 3 is 2.07 bits per heavy atom. The SMILES string of the molecule is CN1C2CCC1CC(N1CC(N)C1)C2. The highest BCUT2D eigenvalue weighted by Gasteiger charge is 2.42. The number of nitrogens with zero attached hydrogens (tertiary/aromatic N) is 2. The van der Waals surface area contributed by atoms with Crippen LogP contribution < -0.4 is 5.73 Å². The fraction of sp³-hybridized carbons (Fsp3) is 1.00. The van der Waals surface area contributed by atoms with Crippen molar-refractivity contribution in [2.75, 3.05) is 20.1 Å². The van der Waals surface area contributed by atoms with Crippen molar-refractivity contribution in [3.63, 3.8) is 0 Å². The summed E-state index contributed by atoms with van der Waals surface area (Å²) < 4.78 is 0. The second-order valence-electron chi connectivity index (χ2n) is 5.39. The van der Waals surface area contributed by atoms with Gasteiger partial charge >= 0.3 is 0 Å². The molecule has 3 heterocycles. The van der Waals surface area contributed by atoms with E-state index in [0.29, 0.717) is 6.04 Å². The van der Waals surface area contributed by atoms with Crippen molar-refractivity contribution in [2.24, 2.45) is 5.73 Å². The van der Waals surface area contributed by atoms with Crippen LogP contribution in [0.4, 0.5) is 0 Å². The van der Waals surface area contributed by atoms with Gasteiger partial charge in [0.05, 0.1) is 0 Å². The molecular formula is C11H21N3. The van der Waals surface area contributed by atoms with E-state index in [9.17, 15) is 0 Å². The molecule has 0 aromatic carbocycles. The zero-order valence-corrected chi connectivity index (χ0v) is 9.02. The van der Waals surface area contributed by atoms with Crippen LogP contribution in [0.2, 0.25) is 0 Å². The zero-order valence-electron chi connectivity index (χ0n) is 9.02. The highest BCUT2D eigenvalue weighted by molar-refractivity contribution is 4.99. The third kappa shape index (κ3) is 1.30. The minimum absolute atomic E-state index is 0.465. The lowest BCUT2D eigenvalue weighted by Gasteiger charge is -2.47. The zero-order chi connectivity index (χ0) is 9.71. The molecule has 0 saturated carbocycles. The average Bonchev–Trinajstić information content (AvgIpc) is 2.39. The molecule has 0 aromatic rings. The molecule has 3 nitrogen and oxygen atoms in total. The topological polar surface area (TPSA) is 32.5 Å². The van der Waals surface area contributed by atoms with Crippen molar-refractivity contribution in [1.82, 2.24) is 9.80 Å². The Bertz CT molecular complexity index is 211. The Labute approximate surface area is 86.2 Å². The van der Waals surface area contributed by atoms with E-state index in [1.165, 1.54) is 25.7 Å². The third-order valence-electron chi connectivity index (χ3n) is 4.53. The van der Waals surface area contributed by atoms with Gasteiger partial charge in [-0.05, 0) is 32.7 Å². The highest BCUT2D eigenvalue weighted by atomic mass is 15.3. The summed E-state index contributed by atoms with van der Waals surface area (Å²) in [4.78, 5) is 5.21. The van der Waals surface area contributed by atoms with E-state index in [4.69, 9.17) is 5.73 Å². The van der Waals surface area contributed by atoms with E-state index in [2.05, 4.69) is 16.8 Å². The van der Waals surface area contributed by atoms with E-state index in [1.54, 1.807) is 0 Å². The molecule has 3 aliphatic heterocycles. The first-order valence-electron chi connectivity index (χ1n) is 5.95. The lowest BCUT2D eigenvalue weighted by atomic mass is 9.93. The minimum atomic E-state index is 0.465. The summed E-state index contributed by atoms with van der Waals surface area (Å²) in [6.45, 7) is 2.29. The molecule has 0 amide bonds. The summed E-state index contributed by atoms with van der Waals surface area (Å²) in [6, 6.07) is 3.06. The number of hydrogen-bond donors (Lipinski definition) is 1. The van der Waals surface area contributed by atoms with Gasteiger partial charge in [0.2, 0.25) is 0 Å². The van der Waals surface area contributed by atoms with E-state index >= 15 is 0 Å². The summed E-state index contributed by atoms with van der Waals surface area (Å²) in [5, 5.41) is 0. The summed E-state index contributed by atoms with van der Waals surface area (Å²) in [6.07, 6.45) is 5.63. The maximum absolute atomic E-state index is 5.84. The molecule has 0 aliphatic carbocycles. The molecule has 2 bridgehead atoms. The van der Waals surface area contributed by atoms with E-state index in [0.717, 1.165) is 31.2 Å².